The normalized spacial score (nSPS) is 10.7. The molecular weight excluding hydrogens is 450 g/mol. The summed E-state index contributed by atoms with van der Waals surface area (Å²) >= 11 is 1.31. The molecule has 0 saturated heterocycles. The van der Waals surface area contributed by atoms with Crippen molar-refractivity contribution in [2.75, 3.05) is 17.3 Å². The average molecular weight is 476 g/mol. The number of carbonyl (C=O) groups is 2. The van der Waals surface area contributed by atoms with Crippen molar-refractivity contribution in [3.05, 3.63) is 94.4 Å². The third-order valence-corrected chi connectivity index (χ3v) is 6.16. The lowest BCUT2D eigenvalue weighted by atomic mass is 10.1. The molecule has 0 aliphatic carbocycles. The van der Waals surface area contributed by atoms with Gasteiger partial charge in [0, 0.05) is 16.6 Å². The van der Waals surface area contributed by atoms with Crippen LogP contribution < -0.4 is 15.0 Å². The molecule has 1 N–H and O–H groups in total. The van der Waals surface area contributed by atoms with Crippen LogP contribution in [0.3, 0.4) is 0 Å². The molecule has 2 aromatic heterocycles. The van der Waals surface area contributed by atoms with Crippen molar-refractivity contribution in [2.24, 2.45) is 0 Å². The van der Waals surface area contributed by atoms with Gasteiger partial charge in [-0.1, -0.05) is 17.7 Å². The van der Waals surface area contributed by atoms with Crippen LogP contribution in [0.1, 0.15) is 32.9 Å². The minimum atomic E-state index is -0.223. The van der Waals surface area contributed by atoms with Crippen LogP contribution in [0.4, 0.5) is 10.8 Å². The Kier molecular flexibility index (Phi) is 7.08. The number of ether oxygens (including phenoxy) is 1. The van der Waals surface area contributed by atoms with Gasteiger partial charge in [0.2, 0.25) is 5.91 Å². The van der Waals surface area contributed by atoms with Crippen molar-refractivity contribution < 1.29 is 18.7 Å². The first kappa shape index (κ1) is 23.3. The highest BCUT2D eigenvalue weighted by molar-refractivity contribution is 7.14. The topological polar surface area (TPSA) is 84.7 Å². The molecular formula is C26H25N3O4S. The zero-order valence-electron chi connectivity index (χ0n) is 19.2. The number of hydrogen-bond donors (Lipinski definition) is 1. The lowest BCUT2D eigenvalue weighted by Gasteiger charge is -2.19. The van der Waals surface area contributed by atoms with E-state index in [9.17, 15) is 9.59 Å². The third-order valence-electron chi connectivity index (χ3n) is 5.24. The van der Waals surface area contributed by atoms with E-state index in [2.05, 4.69) is 10.3 Å². The number of anilines is 2. The van der Waals surface area contributed by atoms with Crippen LogP contribution in [0.25, 0.3) is 0 Å². The summed E-state index contributed by atoms with van der Waals surface area (Å²) in [5.74, 6) is 0.911. The smallest absolute Gasteiger partial charge is 0.260 e. The molecule has 0 unspecified atom stereocenters. The van der Waals surface area contributed by atoms with Gasteiger partial charge in [0.1, 0.15) is 11.5 Å². The number of nitrogens with one attached hydrogen (secondary N) is 1. The summed E-state index contributed by atoms with van der Waals surface area (Å²) in [6, 6.07) is 16.4. The second-order valence-electron chi connectivity index (χ2n) is 7.86. The summed E-state index contributed by atoms with van der Waals surface area (Å²) in [6.07, 6.45) is 1.67. The van der Waals surface area contributed by atoms with E-state index in [1.165, 1.54) is 11.3 Å². The van der Waals surface area contributed by atoms with Crippen molar-refractivity contribution in [1.29, 1.82) is 0 Å². The number of carbonyl (C=O) groups excluding carboxylic acids is 2. The van der Waals surface area contributed by atoms with Crippen molar-refractivity contribution in [3.63, 3.8) is 0 Å². The van der Waals surface area contributed by atoms with Crippen molar-refractivity contribution >= 4 is 34.0 Å². The number of nitrogens with zero attached hydrogens (tertiary/aromatic N) is 2. The van der Waals surface area contributed by atoms with Crippen LogP contribution >= 0.6 is 11.3 Å². The summed E-state index contributed by atoms with van der Waals surface area (Å²) in [5.41, 5.74) is 4.01. The minimum Gasteiger partial charge on any atom is -0.497 e. The molecule has 0 radical (unpaired) electrons. The molecule has 34 heavy (non-hydrogen) atoms. The van der Waals surface area contributed by atoms with E-state index in [1.807, 2.05) is 32.0 Å². The summed E-state index contributed by atoms with van der Waals surface area (Å²) in [4.78, 5) is 32.1. The molecule has 2 amide bonds. The van der Waals surface area contributed by atoms with Crippen LogP contribution in [0, 0.1) is 13.8 Å². The quantitative estimate of drug-likeness (QED) is 0.369. The number of hydrogen-bond acceptors (Lipinski definition) is 6. The van der Waals surface area contributed by atoms with E-state index in [1.54, 1.807) is 60.1 Å². The van der Waals surface area contributed by atoms with Crippen molar-refractivity contribution in [3.8, 4) is 5.75 Å². The Balaban J connectivity index is 1.52. The number of aromatic nitrogens is 1. The van der Waals surface area contributed by atoms with Gasteiger partial charge in [-0.2, -0.15) is 0 Å². The summed E-state index contributed by atoms with van der Waals surface area (Å²) in [6.45, 7) is 4.19. The number of methoxy groups -OCH3 is 1. The number of thiazole rings is 1. The van der Waals surface area contributed by atoms with Gasteiger partial charge in [-0.25, -0.2) is 4.98 Å². The van der Waals surface area contributed by atoms with E-state index < -0.39 is 0 Å². The molecule has 0 saturated carbocycles. The highest BCUT2D eigenvalue weighted by Crippen LogP contribution is 2.26. The predicted molar refractivity (Wildman–Crippen MR) is 133 cm³/mol. The summed E-state index contributed by atoms with van der Waals surface area (Å²) in [7, 11) is 1.58. The molecule has 2 aromatic carbocycles. The van der Waals surface area contributed by atoms with E-state index in [4.69, 9.17) is 9.15 Å². The lowest BCUT2D eigenvalue weighted by Crippen LogP contribution is -2.30. The molecule has 4 aromatic rings. The molecule has 0 spiro atoms. The molecule has 0 aliphatic rings. The largest absolute Gasteiger partial charge is 0.497 e. The summed E-state index contributed by atoms with van der Waals surface area (Å²) in [5, 5.41) is 5.23. The van der Waals surface area contributed by atoms with Crippen LogP contribution in [-0.4, -0.2) is 23.9 Å². The van der Waals surface area contributed by atoms with E-state index in [-0.39, 0.29) is 24.8 Å². The number of benzene rings is 2. The summed E-state index contributed by atoms with van der Waals surface area (Å²) < 4.78 is 10.7. The van der Waals surface area contributed by atoms with Gasteiger partial charge in [0.15, 0.2) is 5.13 Å². The first-order chi connectivity index (χ1) is 16.4. The average Bonchev–Trinajstić information content (AvgIpc) is 3.51. The SMILES string of the molecule is COc1ccc(C(=O)N(Cc2ccco2)c2nc(CC(=O)Nc3ccc(C)cc3C)cs2)cc1. The second kappa shape index (κ2) is 10.4. The van der Waals surface area contributed by atoms with Gasteiger partial charge < -0.3 is 14.5 Å². The number of aryl methyl sites for hydroxylation is 2. The molecule has 0 atom stereocenters. The molecule has 4 rings (SSSR count). The Morgan fingerprint density at radius 3 is 2.59 bits per heavy atom. The maximum absolute atomic E-state index is 13.3. The molecule has 7 nitrogen and oxygen atoms in total. The van der Waals surface area contributed by atoms with Gasteiger partial charge in [-0.05, 0) is 61.9 Å². The zero-order chi connectivity index (χ0) is 24.1. The Morgan fingerprint density at radius 1 is 1.12 bits per heavy atom. The van der Waals surface area contributed by atoms with Crippen LogP contribution in [-0.2, 0) is 17.8 Å². The fourth-order valence-electron chi connectivity index (χ4n) is 3.49. The van der Waals surface area contributed by atoms with Gasteiger partial charge in [0.25, 0.3) is 5.91 Å². The number of rotatable bonds is 8. The maximum atomic E-state index is 13.3. The highest BCUT2D eigenvalue weighted by Gasteiger charge is 2.23. The minimum absolute atomic E-state index is 0.106. The van der Waals surface area contributed by atoms with Crippen molar-refractivity contribution in [1.82, 2.24) is 4.98 Å². The molecule has 0 aliphatic heterocycles. The standard InChI is InChI=1S/C26H25N3O4S/c1-17-6-11-23(18(2)13-17)28-24(30)14-20-16-34-26(27-20)29(15-22-5-4-12-33-22)25(31)19-7-9-21(32-3)10-8-19/h4-13,16H,14-15H2,1-3H3,(H,28,30). The van der Waals surface area contributed by atoms with Crippen molar-refractivity contribution in [2.45, 2.75) is 26.8 Å². The molecule has 8 heteroatoms. The van der Waals surface area contributed by atoms with Gasteiger partial charge in [-0.3, -0.25) is 14.5 Å². The first-order valence-electron chi connectivity index (χ1n) is 10.7. The maximum Gasteiger partial charge on any atom is 0.260 e. The Labute approximate surface area is 202 Å². The van der Waals surface area contributed by atoms with Gasteiger partial charge >= 0.3 is 0 Å². The first-order valence-corrected chi connectivity index (χ1v) is 11.6. The third kappa shape index (κ3) is 5.52. The van der Waals surface area contributed by atoms with E-state index in [0.29, 0.717) is 27.9 Å². The monoisotopic (exact) mass is 475 g/mol. The van der Waals surface area contributed by atoms with Gasteiger partial charge in [0.05, 0.1) is 32.0 Å². The fraction of sp³-hybridized carbons (Fsp3) is 0.192. The molecule has 2 heterocycles. The lowest BCUT2D eigenvalue weighted by molar-refractivity contribution is -0.115. The second-order valence-corrected chi connectivity index (χ2v) is 8.70. The Bertz CT molecular complexity index is 1280. The molecule has 0 bridgehead atoms. The Morgan fingerprint density at radius 2 is 1.91 bits per heavy atom. The van der Waals surface area contributed by atoms with Crippen LogP contribution in [0.5, 0.6) is 5.75 Å². The predicted octanol–water partition coefficient (Wildman–Crippen LogP) is 5.39. The van der Waals surface area contributed by atoms with E-state index >= 15 is 0 Å². The van der Waals surface area contributed by atoms with Crippen LogP contribution in [0.2, 0.25) is 0 Å². The fourth-order valence-corrected chi connectivity index (χ4v) is 4.31. The van der Waals surface area contributed by atoms with Crippen LogP contribution in [0.15, 0.2) is 70.7 Å². The Hall–Kier alpha value is -3.91. The van der Waals surface area contributed by atoms with E-state index in [0.717, 1.165) is 16.8 Å². The highest BCUT2D eigenvalue weighted by atomic mass is 32.1. The zero-order valence-corrected chi connectivity index (χ0v) is 20.0. The van der Waals surface area contributed by atoms with Gasteiger partial charge in [-0.15, -0.1) is 11.3 Å². The number of furan rings is 1. The molecule has 0 fully saturated rings. The molecule has 174 valence electrons. The number of amides is 2.